The van der Waals surface area contributed by atoms with Gasteiger partial charge in [0, 0.05) is 22.3 Å². The van der Waals surface area contributed by atoms with E-state index in [0.29, 0.717) is 10.2 Å². The number of pyridine rings is 1. The largest absolute Gasteiger partial charge is 0.462 e. The molecule has 0 N–H and O–H groups in total. The number of hydrogen-bond acceptors (Lipinski definition) is 6. The van der Waals surface area contributed by atoms with Crippen molar-refractivity contribution in [2.75, 3.05) is 6.61 Å². The van der Waals surface area contributed by atoms with Gasteiger partial charge >= 0.3 is 5.97 Å². The van der Waals surface area contributed by atoms with Crippen molar-refractivity contribution in [1.82, 2.24) is 9.97 Å². The molecule has 200 valence electrons. The van der Waals surface area contributed by atoms with Crippen LogP contribution in [0, 0.1) is 12.3 Å². The standard InChI is InChI=1S/C30H32Cl2N2O3S/c1-17-14-21-26(38-27(34-21)19-12-13-33-23(32)15-19)25(18-8-10-20(31)11-9-18)24(17)22(37-30(5,6)7)16-36-28(35)29(2,3)4/h8-15,22H,16H2,1-7H3/t22-/m0/s1. The highest BCUT2D eigenvalue weighted by Crippen LogP contribution is 2.44. The molecular weight excluding hydrogens is 539 g/mol. The van der Waals surface area contributed by atoms with Gasteiger partial charge in [0.05, 0.1) is 21.2 Å². The van der Waals surface area contributed by atoms with Crippen LogP contribution in [0.15, 0.2) is 48.7 Å². The van der Waals surface area contributed by atoms with Gasteiger partial charge in [-0.15, -0.1) is 11.3 Å². The highest BCUT2D eigenvalue weighted by atomic mass is 35.5. The molecule has 0 aliphatic rings. The summed E-state index contributed by atoms with van der Waals surface area (Å²) in [6.07, 6.45) is 1.18. The number of fused-ring (bicyclic) bond motifs is 1. The second-order valence-corrected chi connectivity index (χ2v) is 13.1. The number of ether oxygens (including phenoxy) is 2. The first-order chi connectivity index (χ1) is 17.7. The lowest BCUT2D eigenvalue weighted by Gasteiger charge is -2.31. The predicted octanol–water partition coefficient (Wildman–Crippen LogP) is 9.09. The van der Waals surface area contributed by atoms with Gasteiger partial charge in [0.1, 0.15) is 22.9 Å². The van der Waals surface area contributed by atoms with Gasteiger partial charge in [-0.3, -0.25) is 4.79 Å². The number of aromatic nitrogens is 2. The zero-order chi connectivity index (χ0) is 27.8. The Morgan fingerprint density at radius 1 is 1.00 bits per heavy atom. The van der Waals surface area contributed by atoms with E-state index < -0.39 is 17.1 Å². The van der Waals surface area contributed by atoms with Crippen molar-refractivity contribution >= 4 is 50.7 Å². The Kier molecular flexibility index (Phi) is 8.20. The van der Waals surface area contributed by atoms with Crippen LogP contribution in [0.25, 0.3) is 31.9 Å². The van der Waals surface area contributed by atoms with Crippen molar-refractivity contribution < 1.29 is 14.3 Å². The minimum absolute atomic E-state index is 0.0892. The fourth-order valence-electron chi connectivity index (χ4n) is 4.16. The molecule has 4 aromatic rings. The van der Waals surface area contributed by atoms with Crippen LogP contribution in [-0.2, 0) is 14.3 Å². The number of hydrogen-bond donors (Lipinski definition) is 0. The average molecular weight is 572 g/mol. The Bertz CT molecular complexity index is 1470. The van der Waals surface area contributed by atoms with Gasteiger partial charge in [0.2, 0.25) is 0 Å². The molecular formula is C30H32Cl2N2O3S. The molecule has 0 radical (unpaired) electrons. The monoisotopic (exact) mass is 570 g/mol. The number of rotatable bonds is 6. The van der Waals surface area contributed by atoms with E-state index in [1.54, 1.807) is 17.5 Å². The van der Waals surface area contributed by atoms with Crippen molar-refractivity contribution in [3.05, 3.63) is 70.0 Å². The highest BCUT2D eigenvalue weighted by molar-refractivity contribution is 7.22. The van der Waals surface area contributed by atoms with E-state index in [9.17, 15) is 4.79 Å². The predicted molar refractivity (Wildman–Crippen MR) is 157 cm³/mol. The van der Waals surface area contributed by atoms with Crippen LogP contribution in [0.1, 0.15) is 58.8 Å². The maximum atomic E-state index is 12.7. The third-order valence-electron chi connectivity index (χ3n) is 5.83. The first-order valence-electron chi connectivity index (χ1n) is 12.4. The van der Waals surface area contributed by atoms with Crippen LogP contribution in [0.4, 0.5) is 0 Å². The number of nitrogens with zero attached hydrogens (tertiary/aromatic N) is 2. The summed E-state index contributed by atoms with van der Waals surface area (Å²) in [6.45, 7) is 13.7. The summed E-state index contributed by atoms with van der Waals surface area (Å²) in [5, 5.41) is 1.90. The maximum absolute atomic E-state index is 12.7. The fourth-order valence-corrected chi connectivity index (χ4v) is 5.58. The van der Waals surface area contributed by atoms with E-state index in [0.717, 1.165) is 43.0 Å². The second kappa shape index (κ2) is 10.9. The third-order valence-corrected chi connectivity index (χ3v) is 7.43. The third kappa shape index (κ3) is 6.55. The molecule has 2 aromatic heterocycles. The molecule has 0 bridgehead atoms. The Balaban J connectivity index is 1.95. The van der Waals surface area contributed by atoms with Crippen molar-refractivity contribution in [2.45, 2.75) is 60.2 Å². The van der Waals surface area contributed by atoms with Crippen LogP contribution >= 0.6 is 34.5 Å². The quantitative estimate of drug-likeness (QED) is 0.171. The van der Waals surface area contributed by atoms with Gasteiger partial charge in [-0.2, -0.15) is 0 Å². The first kappa shape index (κ1) is 28.5. The number of halogens is 2. The lowest BCUT2D eigenvalue weighted by atomic mass is 9.91. The normalized spacial score (nSPS) is 13.1. The van der Waals surface area contributed by atoms with E-state index in [1.165, 1.54) is 0 Å². The summed E-state index contributed by atoms with van der Waals surface area (Å²) in [4.78, 5) is 21.8. The van der Waals surface area contributed by atoms with Gasteiger partial charge in [-0.05, 0) is 95.5 Å². The number of carbonyl (C=O) groups excluding carboxylic acids is 1. The molecule has 0 saturated carbocycles. The van der Waals surface area contributed by atoms with Gasteiger partial charge in [-0.1, -0.05) is 35.3 Å². The Morgan fingerprint density at radius 3 is 2.29 bits per heavy atom. The molecule has 2 heterocycles. The van der Waals surface area contributed by atoms with Crippen molar-refractivity contribution in [3.8, 4) is 21.7 Å². The summed E-state index contributed by atoms with van der Waals surface area (Å²) < 4.78 is 13.4. The summed E-state index contributed by atoms with van der Waals surface area (Å²) in [5.74, 6) is -0.276. The maximum Gasteiger partial charge on any atom is 0.311 e. The summed E-state index contributed by atoms with van der Waals surface area (Å²) in [7, 11) is 0. The molecule has 0 aliphatic carbocycles. The Hall–Kier alpha value is -2.51. The van der Waals surface area contributed by atoms with Crippen molar-refractivity contribution in [3.63, 3.8) is 0 Å². The number of benzene rings is 2. The van der Waals surface area contributed by atoms with Crippen LogP contribution < -0.4 is 0 Å². The second-order valence-electron chi connectivity index (χ2n) is 11.3. The van der Waals surface area contributed by atoms with E-state index in [4.69, 9.17) is 37.7 Å². The van der Waals surface area contributed by atoms with E-state index in [1.807, 2.05) is 84.9 Å². The molecule has 0 unspecified atom stereocenters. The number of thiazole rings is 1. The van der Waals surface area contributed by atoms with Crippen molar-refractivity contribution in [2.24, 2.45) is 5.41 Å². The number of aryl methyl sites for hydroxylation is 1. The molecule has 4 rings (SSSR count). The highest BCUT2D eigenvalue weighted by Gasteiger charge is 2.31. The molecule has 0 saturated heterocycles. The van der Waals surface area contributed by atoms with E-state index in [-0.39, 0.29) is 12.6 Å². The van der Waals surface area contributed by atoms with Gasteiger partial charge in [-0.25, -0.2) is 9.97 Å². The van der Waals surface area contributed by atoms with Crippen LogP contribution in [0.5, 0.6) is 0 Å². The summed E-state index contributed by atoms with van der Waals surface area (Å²) >= 11 is 14.0. The Labute approximate surface area is 238 Å². The molecule has 0 amide bonds. The number of esters is 1. The molecule has 0 aliphatic heterocycles. The van der Waals surface area contributed by atoms with Gasteiger partial charge < -0.3 is 9.47 Å². The van der Waals surface area contributed by atoms with Crippen LogP contribution in [0.2, 0.25) is 10.2 Å². The molecule has 0 spiro atoms. The van der Waals surface area contributed by atoms with Gasteiger partial charge in [0.15, 0.2) is 0 Å². The summed E-state index contributed by atoms with van der Waals surface area (Å²) in [6, 6.07) is 13.5. The molecule has 0 fully saturated rings. The van der Waals surface area contributed by atoms with Crippen LogP contribution in [-0.4, -0.2) is 28.1 Å². The van der Waals surface area contributed by atoms with E-state index >= 15 is 0 Å². The zero-order valence-electron chi connectivity index (χ0n) is 22.7. The van der Waals surface area contributed by atoms with Gasteiger partial charge in [0.25, 0.3) is 0 Å². The molecule has 1 atom stereocenters. The topological polar surface area (TPSA) is 61.3 Å². The minimum Gasteiger partial charge on any atom is -0.462 e. The SMILES string of the molecule is Cc1cc2nc(-c3ccnc(Cl)c3)sc2c(-c2ccc(Cl)cc2)c1[C@H](COC(=O)C(C)(C)C)OC(C)(C)C. The Morgan fingerprint density at radius 2 is 1.68 bits per heavy atom. The van der Waals surface area contributed by atoms with Crippen LogP contribution in [0.3, 0.4) is 0 Å². The molecule has 8 heteroatoms. The lowest BCUT2D eigenvalue weighted by Crippen LogP contribution is -2.30. The fraction of sp³-hybridized carbons (Fsp3) is 0.367. The van der Waals surface area contributed by atoms with E-state index in [2.05, 4.69) is 11.1 Å². The molecule has 2 aromatic carbocycles. The summed E-state index contributed by atoms with van der Waals surface area (Å²) in [5.41, 5.74) is 4.58. The zero-order valence-corrected chi connectivity index (χ0v) is 25.0. The number of carbonyl (C=O) groups is 1. The van der Waals surface area contributed by atoms with Crippen molar-refractivity contribution in [1.29, 1.82) is 0 Å². The minimum atomic E-state index is -0.622. The molecule has 5 nitrogen and oxygen atoms in total. The first-order valence-corrected chi connectivity index (χ1v) is 14.0. The average Bonchev–Trinajstić information content (AvgIpc) is 3.24. The lowest BCUT2D eigenvalue weighted by molar-refractivity contribution is -0.162. The smallest absolute Gasteiger partial charge is 0.311 e. The molecule has 38 heavy (non-hydrogen) atoms.